The quantitative estimate of drug-likeness (QED) is 0.795. The second-order valence-corrected chi connectivity index (χ2v) is 4.90. The third kappa shape index (κ3) is 5.07. The molecule has 0 saturated carbocycles. The van der Waals surface area contributed by atoms with E-state index < -0.39 is 17.0 Å². The van der Waals surface area contributed by atoms with E-state index in [1.54, 1.807) is 6.92 Å². The number of carboxylic acid groups (broad SMARTS) is 1. The van der Waals surface area contributed by atoms with Crippen molar-refractivity contribution in [2.24, 2.45) is 0 Å². The molecule has 0 heterocycles. The van der Waals surface area contributed by atoms with Crippen LogP contribution in [0, 0.1) is 0 Å². The fourth-order valence-electron chi connectivity index (χ4n) is 1.24. The van der Waals surface area contributed by atoms with Crippen molar-refractivity contribution in [2.75, 3.05) is 18.8 Å². The largest absolute Gasteiger partial charge is 0.480 e. The molecule has 0 rings (SSSR count). The summed E-state index contributed by atoms with van der Waals surface area (Å²) in [5.74, 6) is -1.19. The number of aliphatic carboxylic acids is 1. The van der Waals surface area contributed by atoms with Gasteiger partial charge < -0.3 is 5.11 Å². The molecule has 0 spiro atoms. The summed E-state index contributed by atoms with van der Waals surface area (Å²) in [7, 11) is 0. The van der Waals surface area contributed by atoms with E-state index in [-0.39, 0.29) is 24.1 Å². The molecule has 0 aliphatic heterocycles. The molecule has 0 aliphatic rings. The number of carboxylic acids is 1. The molecule has 16 heavy (non-hydrogen) atoms. The Morgan fingerprint density at radius 3 is 2.19 bits per heavy atom. The minimum absolute atomic E-state index is 0.0972. The van der Waals surface area contributed by atoms with Gasteiger partial charge in [-0.05, 0) is 32.2 Å². The first-order valence-corrected chi connectivity index (χ1v) is 5.79. The van der Waals surface area contributed by atoms with Crippen LogP contribution in [0.3, 0.4) is 0 Å². The zero-order chi connectivity index (χ0) is 13.0. The van der Waals surface area contributed by atoms with Crippen LogP contribution >= 0.6 is 11.8 Å². The van der Waals surface area contributed by atoms with E-state index in [0.717, 1.165) is 0 Å². The van der Waals surface area contributed by atoms with Gasteiger partial charge in [-0.3, -0.25) is 9.69 Å². The number of nitrogens with zero attached hydrogens (tertiary/aromatic N) is 1. The van der Waals surface area contributed by atoms with Crippen LogP contribution in [-0.2, 0) is 4.79 Å². The lowest BCUT2D eigenvalue weighted by atomic mass is 10.0. The summed E-state index contributed by atoms with van der Waals surface area (Å²) in [6, 6.07) is 0. The highest BCUT2D eigenvalue weighted by molar-refractivity contribution is 8.00. The highest BCUT2D eigenvalue weighted by Crippen LogP contribution is 2.30. The predicted octanol–water partition coefficient (Wildman–Crippen LogP) is 2.42. The van der Waals surface area contributed by atoms with E-state index in [4.69, 9.17) is 5.11 Å². The maximum Gasteiger partial charge on any atom is 0.441 e. The minimum atomic E-state index is -4.26. The topological polar surface area (TPSA) is 40.5 Å². The lowest BCUT2D eigenvalue weighted by molar-refractivity contribution is -0.149. The Hall–Kier alpha value is -0.430. The maximum absolute atomic E-state index is 11.9. The lowest BCUT2D eigenvalue weighted by Gasteiger charge is -2.34. The van der Waals surface area contributed by atoms with Gasteiger partial charge in [0.05, 0.1) is 0 Å². The normalized spacial score (nSPS) is 13.2. The molecule has 0 saturated heterocycles. The minimum Gasteiger partial charge on any atom is -0.480 e. The molecule has 1 N–H and O–H groups in total. The first-order valence-electron chi connectivity index (χ1n) is 4.80. The van der Waals surface area contributed by atoms with Crippen molar-refractivity contribution in [1.29, 1.82) is 0 Å². The second-order valence-electron chi connectivity index (χ2n) is 3.74. The third-order valence-electron chi connectivity index (χ3n) is 2.32. The Morgan fingerprint density at radius 2 is 1.88 bits per heavy atom. The molecular weight excluding hydrogens is 243 g/mol. The fourth-order valence-corrected chi connectivity index (χ4v) is 1.78. The molecule has 0 bridgehead atoms. The van der Waals surface area contributed by atoms with Crippen molar-refractivity contribution >= 4 is 17.7 Å². The van der Waals surface area contributed by atoms with Crippen LogP contribution in [0.5, 0.6) is 0 Å². The van der Waals surface area contributed by atoms with E-state index in [0.29, 0.717) is 6.54 Å². The molecule has 0 aromatic heterocycles. The van der Waals surface area contributed by atoms with Gasteiger partial charge in [0.2, 0.25) is 0 Å². The molecular formula is C9H16F3NO2S. The molecule has 0 radical (unpaired) electrons. The average molecular weight is 259 g/mol. The Balaban J connectivity index is 4.27. The van der Waals surface area contributed by atoms with Crippen LogP contribution in [0.25, 0.3) is 0 Å². The summed E-state index contributed by atoms with van der Waals surface area (Å²) < 4.78 is 35.7. The van der Waals surface area contributed by atoms with E-state index in [1.807, 2.05) is 0 Å². The van der Waals surface area contributed by atoms with Gasteiger partial charge >= 0.3 is 11.5 Å². The molecule has 0 aliphatic carbocycles. The number of likely N-dealkylation sites (N-methyl/N-ethyl adjacent to an activating group) is 1. The molecule has 0 unspecified atom stereocenters. The van der Waals surface area contributed by atoms with Gasteiger partial charge in [0.1, 0.15) is 5.54 Å². The molecule has 0 aromatic rings. The van der Waals surface area contributed by atoms with Crippen LogP contribution in [-0.4, -0.2) is 45.9 Å². The van der Waals surface area contributed by atoms with Crippen molar-refractivity contribution in [1.82, 2.24) is 4.90 Å². The van der Waals surface area contributed by atoms with Crippen molar-refractivity contribution in [3.8, 4) is 0 Å². The molecule has 3 nitrogen and oxygen atoms in total. The summed E-state index contributed by atoms with van der Waals surface area (Å²) >= 11 is -0.130. The van der Waals surface area contributed by atoms with Gasteiger partial charge in [-0.1, -0.05) is 6.92 Å². The Morgan fingerprint density at radius 1 is 1.38 bits per heavy atom. The summed E-state index contributed by atoms with van der Waals surface area (Å²) in [5, 5.41) is 8.93. The van der Waals surface area contributed by atoms with Crippen molar-refractivity contribution in [3.05, 3.63) is 0 Å². The number of thioether (sulfide) groups is 1. The van der Waals surface area contributed by atoms with Gasteiger partial charge in [-0.2, -0.15) is 13.2 Å². The van der Waals surface area contributed by atoms with Crippen LogP contribution in [0.15, 0.2) is 0 Å². The van der Waals surface area contributed by atoms with E-state index >= 15 is 0 Å². The highest BCUT2D eigenvalue weighted by atomic mass is 32.2. The molecule has 0 aromatic carbocycles. The number of carbonyl (C=O) groups is 1. The molecule has 7 heteroatoms. The average Bonchev–Trinajstić information content (AvgIpc) is 2.10. The van der Waals surface area contributed by atoms with E-state index in [9.17, 15) is 18.0 Å². The molecule has 0 amide bonds. The van der Waals surface area contributed by atoms with Crippen LogP contribution in [0.1, 0.15) is 20.8 Å². The smallest absolute Gasteiger partial charge is 0.441 e. The maximum atomic E-state index is 11.9. The van der Waals surface area contributed by atoms with Gasteiger partial charge in [0.15, 0.2) is 0 Å². The van der Waals surface area contributed by atoms with Crippen molar-refractivity contribution < 1.29 is 23.1 Å². The van der Waals surface area contributed by atoms with Gasteiger partial charge in [-0.15, -0.1) is 0 Å². The number of alkyl halides is 3. The number of hydrogen-bond donors (Lipinski definition) is 1. The standard InChI is InChI=1S/C9H16F3NO2S/c1-4-13(8(2,3)7(14)15)5-6-16-9(10,11)12/h4-6H2,1-3H3,(H,14,15). The Bertz CT molecular complexity index is 243. The molecule has 0 fully saturated rings. The first kappa shape index (κ1) is 15.6. The number of halogens is 3. The second kappa shape index (κ2) is 5.77. The van der Waals surface area contributed by atoms with Crippen LogP contribution in [0.4, 0.5) is 13.2 Å². The van der Waals surface area contributed by atoms with Crippen LogP contribution < -0.4 is 0 Å². The molecule has 0 atom stereocenters. The summed E-state index contributed by atoms with van der Waals surface area (Å²) in [6.07, 6.45) is 0. The summed E-state index contributed by atoms with van der Waals surface area (Å²) in [4.78, 5) is 12.4. The van der Waals surface area contributed by atoms with E-state index in [2.05, 4.69) is 0 Å². The zero-order valence-electron chi connectivity index (χ0n) is 9.47. The summed E-state index contributed by atoms with van der Waals surface area (Å²) in [6.45, 7) is 5.19. The van der Waals surface area contributed by atoms with Gasteiger partial charge in [0, 0.05) is 12.3 Å². The van der Waals surface area contributed by atoms with Crippen LogP contribution in [0.2, 0.25) is 0 Å². The van der Waals surface area contributed by atoms with Gasteiger partial charge in [-0.25, -0.2) is 0 Å². The fraction of sp³-hybridized carbons (Fsp3) is 0.889. The molecule has 96 valence electrons. The predicted molar refractivity (Wildman–Crippen MR) is 57.5 cm³/mol. The Labute approximate surface area is 97.0 Å². The first-order chi connectivity index (χ1) is 7.11. The number of hydrogen-bond acceptors (Lipinski definition) is 3. The van der Waals surface area contributed by atoms with Gasteiger partial charge in [0.25, 0.3) is 0 Å². The Kier molecular flexibility index (Phi) is 5.61. The third-order valence-corrected chi connectivity index (χ3v) is 3.04. The zero-order valence-corrected chi connectivity index (χ0v) is 10.3. The lowest BCUT2D eigenvalue weighted by Crippen LogP contribution is -2.50. The van der Waals surface area contributed by atoms with Crippen molar-refractivity contribution in [2.45, 2.75) is 31.8 Å². The summed E-state index contributed by atoms with van der Waals surface area (Å²) in [5.41, 5.74) is -5.40. The van der Waals surface area contributed by atoms with E-state index in [1.165, 1.54) is 18.7 Å². The highest BCUT2D eigenvalue weighted by Gasteiger charge is 2.34. The monoisotopic (exact) mass is 259 g/mol. The SMILES string of the molecule is CCN(CCSC(F)(F)F)C(C)(C)C(=O)O. The number of rotatable bonds is 6. The van der Waals surface area contributed by atoms with Crippen molar-refractivity contribution in [3.63, 3.8) is 0 Å².